The van der Waals surface area contributed by atoms with Crippen LogP contribution in [0.4, 0.5) is 16.2 Å². The second kappa shape index (κ2) is 7.25. The highest BCUT2D eigenvalue weighted by Crippen LogP contribution is 2.33. The summed E-state index contributed by atoms with van der Waals surface area (Å²) >= 11 is 0. The number of aryl methyl sites for hydroxylation is 1. The Morgan fingerprint density at radius 3 is 2.84 bits per heavy atom. The maximum absolute atomic E-state index is 12.8. The van der Waals surface area contributed by atoms with E-state index in [1.165, 1.54) is 0 Å². The van der Waals surface area contributed by atoms with Gasteiger partial charge in [-0.3, -0.25) is 4.90 Å². The number of benzene rings is 2. The van der Waals surface area contributed by atoms with E-state index in [1.807, 2.05) is 25.1 Å². The maximum atomic E-state index is 12.8. The minimum absolute atomic E-state index is 0.275. The fraction of sp³-hybridized carbons (Fsp3) is 0.263. The molecule has 0 spiro atoms. The summed E-state index contributed by atoms with van der Waals surface area (Å²) in [6.07, 6.45) is 0. The van der Waals surface area contributed by atoms with Gasteiger partial charge in [-0.05, 0) is 43.7 Å². The van der Waals surface area contributed by atoms with Crippen LogP contribution in [0.1, 0.15) is 22.8 Å². The van der Waals surface area contributed by atoms with Crippen LogP contribution in [0.15, 0.2) is 42.5 Å². The van der Waals surface area contributed by atoms with Crippen LogP contribution in [-0.2, 0) is 4.74 Å². The van der Waals surface area contributed by atoms with E-state index in [2.05, 4.69) is 5.32 Å². The minimum atomic E-state index is -0.461. The predicted octanol–water partition coefficient (Wildman–Crippen LogP) is 3.60. The lowest BCUT2D eigenvalue weighted by atomic mass is 10.1. The number of ether oxygens (including phenoxy) is 2. The van der Waals surface area contributed by atoms with Gasteiger partial charge in [-0.25, -0.2) is 9.59 Å². The van der Waals surface area contributed by atoms with Gasteiger partial charge in [0, 0.05) is 0 Å². The van der Waals surface area contributed by atoms with Crippen molar-refractivity contribution in [3.05, 3.63) is 53.6 Å². The number of hydrogen-bond donors (Lipinski definition) is 1. The fourth-order valence-corrected chi connectivity index (χ4v) is 2.70. The lowest BCUT2D eigenvalue weighted by molar-refractivity contribution is 0.0527. The number of rotatable bonds is 3. The van der Waals surface area contributed by atoms with Crippen molar-refractivity contribution in [2.45, 2.75) is 13.8 Å². The Morgan fingerprint density at radius 1 is 1.24 bits per heavy atom. The Hall–Kier alpha value is -3.02. The first-order valence-electron chi connectivity index (χ1n) is 8.18. The molecule has 0 unspecified atom stereocenters. The second-order valence-corrected chi connectivity index (χ2v) is 5.67. The summed E-state index contributed by atoms with van der Waals surface area (Å²) in [7, 11) is 0. The molecule has 0 atom stereocenters. The molecule has 0 bridgehead atoms. The first-order chi connectivity index (χ1) is 12.1. The number of carbonyl (C=O) groups is 2. The predicted molar refractivity (Wildman–Crippen MR) is 95.4 cm³/mol. The summed E-state index contributed by atoms with van der Waals surface area (Å²) in [5, 5.41) is 2.81. The van der Waals surface area contributed by atoms with Gasteiger partial charge >= 0.3 is 12.0 Å². The molecule has 2 amide bonds. The zero-order chi connectivity index (χ0) is 17.8. The van der Waals surface area contributed by atoms with Crippen molar-refractivity contribution in [1.82, 2.24) is 0 Å². The molecule has 2 aromatic carbocycles. The summed E-state index contributed by atoms with van der Waals surface area (Å²) in [5.41, 5.74) is 2.51. The molecule has 0 aromatic heterocycles. The quantitative estimate of drug-likeness (QED) is 0.867. The van der Waals surface area contributed by atoms with Gasteiger partial charge in [-0.15, -0.1) is 0 Å². The summed E-state index contributed by atoms with van der Waals surface area (Å²) in [5.74, 6) is 0.210. The van der Waals surface area contributed by atoms with Gasteiger partial charge in [-0.1, -0.05) is 18.2 Å². The van der Waals surface area contributed by atoms with E-state index in [9.17, 15) is 9.59 Å². The standard InChI is InChI=1S/C19H20N2O4/c1-3-24-18(22)14-6-4-5-7-15(14)20-19(23)21-10-11-25-17-9-8-13(2)12-16(17)21/h4-9,12H,3,10-11H2,1-2H3,(H,20,23). The average Bonchev–Trinajstić information content (AvgIpc) is 2.61. The average molecular weight is 340 g/mol. The largest absolute Gasteiger partial charge is 0.490 e. The van der Waals surface area contributed by atoms with Crippen LogP contribution in [0.3, 0.4) is 0 Å². The first kappa shape index (κ1) is 16.8. The second-order valence-electron chi connectivity index (χ2n) is 5.67. The van der Waals surface area contributed by atoms with Gasteiger partial charge in [0.15, 0.2) is 0 Å². The molecule has 0 saturated heterocycles. The molecule has 1 heterocycles. The lowest BCUT2D eigenvalue weighted by Gasteiger charge is -2.30. The molecule has 1 aliphatic heterocycles. The number of para-hydroxylation sites is 1. The van der Waals surface area contributed by atoms with Crippen molar-refractivity contribution in [2.24, 2.45) is 0 Å². The van der Waals surface area contributed by atoms with Crippen molar-refractivity contribution in [2.75, 3.05) is 30.0 Å². The number of fused-ring (bicyclic) bond motifs is 1. The van der Waals surface area contributed by atoms with Gasteiger partial charge in [0.2, 0.25) is 0 Å². The smallest absolute Gasteiger partial charge is 0.340 e. The van der Waals surface area contributed by atoms with Crippen LogP contribution in [0.5, 0.6) is 5.75 Å². The molecule has 6 heteroatoms. The van der Waals surface area contributed by atoms with Crippen LogP contribution < -0.4 is 15.0 Å². The minimum Gasteiger partial charge on any atom is -0.490 e. The number of hydrogen-bond acceptors (Lipinski definition) is 4. The fourth-order valence-electron chi connectivity index (χ4n) is 2.70. The third-order valence-corrected chi connectivity index (χ3v) is 3.89. The molecule has 25 heavy (non-hydrogen) atoms. The SMILES string of the molecule is CCOC(=O)c1ccccc1NC(=O)N1CCOc2ccc(C)cc21. The zero-order valence-electron chi connectivity index (χ0n) is 14.2. The van der Waals surface area contributed by atoms with Crippen LogP contribution in [0, 0.1) is 6.92 Å². The van der Waals surface area contributed by atoms with E-state index in [0.29, 0.717) is 30.2 Å². The molecule has 0 radical (unpaired) electrons. The van der Waals surface area contributed by atoms with Crippen molar-refractivity contribution in [3.63, 3.8) is 0 Å². The molecule has 1 N–H and O–H groups in total. The Morgan fingerprint density at radius 2 is 2.04 bits per heavy atom. The number of esters is 1. The van der Waals surface area contributed by atoms with Crippen LogP contribution in [-0.4, -0.2) is 31.8 Å². The van der Waals surface area contributed by atoms with Gasteiger partial charge in [0.1, 0.15) is 12.4 Å². The topological polar surface area (TPSA) is 67.9 Å². The number of nitrogens with one attached hydrogen (secondary N) is 1. The Balaban J connectivity index is 1.85. The molecule has 3 rings (SSSR count). The Labute approximate surface area is 146 Å². The number of anilines is 2. The van der Waals surface area contributed by atoms with E-state index in [4.69, 9.17) is 9.47 Å². The zero-order valence-corrected chi connectivity index (χ0v) is 14.2. The van der Waals surface area contributed by atoms with Crippen molar-refractivity contribution in [3.8, 4) is 5.75 Å². The highest BCUT2D eigenvalue weighted by Gasteiger charge is 2.25. The van der Waals surface area contributed by atoms with E-state index < -0.39 is 5.97 Å². The van der Waals surface area contributed by atoms with Gasteiger partial charge in [-0.2, -0.15) is 0 Å². The van der Waals surface area contributed by atoms with Crippen molar-refractivity contribution < 1.29 is 19.1 Å². The highest BCUT2D eigenvalue weighted by atomic mass is 16.5. The molecule has 0 aliphatic carbocycles. The van der Waals surface area contributed by atoms with Crippen LogP contribution in [0.25, 0.3) is 0 Å². The molecule has 0 saturated carbocycles. The summed E-state index contributed by atoms with van der Waals surface area (Å²) < 4.78 is 10.7. The first-order valence-corrected chi connectivity index (χ1v) is 8.18. The van der Waals surface area contributed by atoms with E-state index in [1.54, 1.807) is 36.1 Å². The normalized spacial score (nSPS) is 12.8. The Kier molecular flexibility index (Phi) is 4.88. The van der Waals surface area contributed by atoms with Gasteiger partial charge in [0.25, 0.3) is 0 Å². The number of amides is 2. The molecule has 6 nitrogen and oxygen atoms in total. The number of nitrogens with zero attached hydrogens (tertiary/aromatic N) is 1. The van der Waals surface area contributed by atoms with Crippen molar-refractivity contribution in [1.29, 1.82) is 0 Å². The molecular formula is C19H20N2O4. The molecule has 0 fully saturated rings. The monoisotopic (exact) mass is 340 g/mol. The summed E-state index contributed by atoms with van der Waals surface area (Å²) in [4.78, 5) is 26.5. The number of carbonyl (C=O) groups excluding carboxylic acids is 2. The van der Waals surface area contributed by atoms with E-state index >= 15 is 0 Å². The molecular weight excluding hydrogens is 320 g/mol. The third-order valence-electron chi connectivity index (χ3n) is 3.89. The van der Waals surface area contributed by atoms with E-state index in [0.717, 1.165) is 11.3 Å². The molecule has 130 valence electrons. The summed E-state index contributed by atoms with van der Waals surface area (Å²) in [6, 6.07) is 12.2. The molecule has 1 aliphatic rings. The lowest BCUT2D eigenvalue weighted by Crippen LogP contribution is -2.41. The molecule has 2 aromatic rings. The van der Waals surface area contributed by atoms with Gasteiger partial charge < -0.3 is 14.8 Å². The van der Waals surface area contributed by atoms with Crippen LogP contribution in [0.2, 0.25) is 0 Å². The van der Waals surface area contributed by atoms with Gasteiger partial charge in [0.05, 0.1) is 30.1 Å². The van der Waals surface area contributed by atoms with Crippen molar-refractivity contribution >= 4 is 23.4 Å². The number of urea groups is 1. The maximum Gasteiger partial charge on any atom is 0.340 e. The third kappa shape index (κ3) is 3.57. The highest BCUT2D eigenvalue weighted by molar-refractivity contribution is 6.07. The Bertz CT molecular complexity index is 804. The van der Waals surface area contributed by atoms with E-state index in [-0.39, 0.29) is 12.6 Å². The summed E-state index contributed by atoms with van der Waals surface area (Å²) in [6.45, 7) is 4.83. The van der Waals surface area contributed by atoms with Crippen LogP contribution >= 0.6 is 0 Å².